The van der Waals surface area contributed by atoms with Crippen molar-refractivity contribution in [3.63, 3.8) is 0 Å². The van der Waals surface area contributed by atoms with Crippen LogP contribution in [0.4, 0.5) is 0 Å². The predicted molar refractivity (Wildman–Crippen MR) is 35.5 cm³/mol. The van der Waals surface area contributed by atoms with Crippen LogP contribution in [0.3, 0.4) is 0 Å². The Bertz CT molecular complexity index is 145. The van der Waals surface area contributed by atoms with E-state index in [0.29, 0.717) is 11.8 Å². The smallest absolute Gasteiger partial charge is 0.141 e. The number of rotatable bonds is 1. The lowest BCUT2D eigenvalue weighted by atomic mass is 10.2. The van der Waals surface area contributed by atoms with E-state index in [1.165, 1.54) is 19.3 Å². The van der Waals surface area contributed by atoms with Crippen LogP contribution in [0.5, 0.6) is 0 Å². The molecule has 0 heterocycles. The zero-order valence-corrected chi connectivity index (χ0v) is 5.90. The zero-order chi connectivity index (χ0) is 6.48. The lowest BCUT2D eigenvalue weighted by Crippen LogP contribution is -2.08. The van der Waals surface area contributed by atoms with E-state index in [1.807, 2.05) is 0 Å². The number of fused-ring (bicyclic) bond motifs is 1. The van der Waals surface area contributed by atoms with E-state index in [2.05, 4.69) is 0 Å². The zero-order valence-electron chi connectivity index (χ0n) is 5.14. The van der Waals surface area contributed by atoms with Crippen molar-refractivity contribution in [3.8, 4) is 0 Å². The van der Waals surface area contributed by atoms with Crippen molar-refractivity contribution in [2.75, 3.05) is 0 Å². The molecule has 0 amide bonds. The second-order valence-corrected chi connectivity index (χ2v) is 3.74. The average Bonchev–Trinajstić information content (AvgIpc) is 2.39. The summed E-state index contributed by atoms with van der Waals surface area (Å²) >= 11 is 5.93. The fraction of sp³-hybridized carbons (Fsp3) is 0.857. The number of hydrogen-bond acceptors (Lipinski definition) is 1. The molecule has 1 nitrogen and oxygen atoms in total. The van der Waals surface area contributed by atoms with Gasteiger partial charge in [0.1, 0.15) is 11.2 Å². The van der Waals surface area contributed by atoms with E-state index < -0.39 is 4.87 Å². The summed E-state index contributed by atoms with van der Waals surface area (Å²) in [7, 11) is 0. The Morgan fingerprint density at radius 1 is 1.44 bits per heavy atom. The SMILES string of the molecule is O=CC1(Cl)[C@@H]2CCC[C@@H]21. The van der Waals surface area contributed by atoms with Crippen molar-refractivity contribution >= 4 is 17.9 Å². The lowest BCUT2D eigenvalue weighted by molar-refractivity contribution is -0.108. The van der Waals surface area contributed by atoms with Crippen LogP contribution in [0.25, 0.3) is 0 Å². The van der Waals surface area contributed by atoms with Crippen molar-refractivity contribution in [3.05, 3.63) is 0 Å². The van der Waals surface area contributed by atoms with Gasteiger partial charge in [-0.1, -0.05) is 6.42 Å². The fourth-order valence-corrected chi connectivity index (χ4v) is 2.56. The van der Waals surface area contributed by atoms with E-state index in [4.69, 9.17) is 11.6 Å². The molecule has 1 unspecified atom stereocenters. The first-order valence-electron chi connectivity index (χ1n) is 3.44. The Kier molecular flexibility index (Phi) is 0.963. The largest absolute Gasteiger partial charge is 0.301 e. The molecule has 0 N–H and O–H groups in total. The van der Waals surface area contributed by atoms with Gasteiger partial charge in [-0.3, -0.25) is 0 Å². The van der Waals surface area contributed by atoms with Gasteiger partial charge < -0.3 is 4.79 Å². The highest BCUT2D eigenvalue weighted by molar-refractivity contribution is 6.34. The topological polar surface area (TPSA) is 17.1 Å². The number of hydrogen-bond donors (Lipinski definition) is 0. The highest BCUT2D eigenvalue weighted by Gasteiger charge is 2.65. The molecule has 2 saturated carbocycles. The van der Waals surface area contributed by atoms with Gasteiger partial charge in [-0.15, -0.1) is 11.6 Å². The maximum Gasteiger partial charge on any atom is 0.141 e. The molecule has 2 aliphatic rings. The normalized spacial score (nSPS) is 54.8. The third-order valence-corrected chi connectivity index (χ3v) is 3.37. The van der Waals surface area contributed by atoms with Gasteiger partial charge in [-0.25, -0.2) is 0 Å². The van der Waals surface area contributed by atoms with E-state index in [1.54, 1.807) is 0 Å². The second kappa shape index (κ2) is 1.51. The highest BCUT2D eigenvalue weighted by Crippen LogP contribution is 2.63. The van der Waals surface area contributed by atoms with Crippen molar-refractivity contribution < 1.29 is 4.79 Å². The lowest BCUT2D eigenvalue weighted by Gasteiger charge is -2.00. The molecule has 9 heavy (non-hydrogen) atoms. The van der Waals surface area contributed by atoms with Crippen molar-refractivity contribution in [2.24, 2.45) is 11.8 Å². The average molecular weight is 145 g/mol. The van der Waals surface area contributed by atoms with Crippen LogP contribution in [0, 0.1) is 11.8 Å². The second-order valence-electron chi connectivity index (χ2n) is 3.09. The minimum Gasteiger partial charge on any atom is -0.301 e. The summed E-state index contributed by atoms with van der Waals surface area (Å²) in [5.41, 5.74) is 0. The summed E-state index contributed by atoms with van der Waals surface area (Å²) in [4.78, 5) is 9.97. The van der Waals surface area contributed by atoms with Gasteiger partial charge in [0.25, 0.3) is 0 Å². The van der Waals surface area contributed by atoms with Crippen molar-refractivity contribution in [1.29, 1.82) is 0 Å². The molecule has 0 aromatic carbocycles. The molecule has 0 saturated heterocycles. The first-order valence-corrected chi connectivity index (χ1v) is 3.82. The van der Waals surface area contributed by atoms with Gasteiger partial charge in [-0.05, 0) is 24.7 Å². The summed E-state index contributed by atoms with van der Waals surface area (Å²) in [5, 5.41) is 0. The third-order valence-electron chi connectivity index (χ3n) is 2.72. The Labute approximate surface area is 59.4 Å². The summed E-state index contributed by atoms with van der Waals surface area (Å²) in [6.07, 6.45) is 4.56. The molecule has 2 heteroatoms. The third kappa shape index (κ3) is 0.536. The minimum absolute atomic E-state index is 0.405. The van der Waals surface area contributed by atoms with E-state index >= 15 is 0 Å². The van der Waals surface area contributed by atoms with E-state index in [-0.39, 0.29) is 0 Å². The quantitative estimate of drug-likeness (QED) is 0.404. The Hall–Kier alpha value is -0.0400. The van der Waals surface area contributed by atoms with Crippen LogP contribution in [-0.2, 0) is 4.79 Å². The molecular weight excluding hydrogens is 136 g/mol. The molecule has 3 atom stereocenters. The molecule has 0 radical (unpaired) electrons. The Morgan fingerprint density at radius 2 is 2.00 bits per heavy atom. The summed E-state index contributed by atoms with van der Waals surface area (Å²) in [5.74, 6) is 1.08. The molecule has 0 spiro atoms. The number of carbonyl (C=O) groups excluding carboxylic acids is 1. The molecule has 2 rings (SSSR count). The van der Waals surface area contributed by atoms with Crippen LogP contribution < -0.4 is 0 Å². The standard InChI is InChI=1S/C7H9ClO/c8-7(4-9)5-2-1-3-6(5)7/h4-6H,1-3H2/t5-,6+,7?. The maximum absolute atomic E-state index is 10.4. The molecular formula is C7H9ClO. The Balaban J connectivity index is 2.15. The fourth-order valence-electron chi connectivity index (χ4n) is 2.10. The molecule has 0 aliphatic heterocycles. The summed E-state index contributed by atoms with van der Waals surface area (Å²) in [6, 6.07) is 0. The monoisotopic (exact) mass is 144 g/mol. The minimum atomic E-state index is -0.405. The molecule has 2 fully saturated rings. The van der Waals surface area contributed by atoms with Crippen molar-refractivity contribution in [2.45, 2.75) is 24.1 Å². The molecule has 50 valence electrons. The van der Waals surface area contributed by atoms with Gasteiger partial charge in [0.2, 0.25) is 0 Å². The van der Waals surface area contributed by atoms with Gasteiger partial charge >= 0.3 is 0 Å². The first-order chi connectivity index (χ1) is 4.29. The predicted octanol–water partition coefficient (Wildman–Crippen LogP) is 1.59. The summed E-state index contributed by atoms with van der Waals surface area (Å²) in [6.45, 7) is 0. The number of carbonyl (C=O) groups is 1. The summed E-state index contributed by atoms with van der Waals surface area (Å²) < 4.78 is 0. The first kappa shape index (κ1) is 5.72. The van der Waals surface area contributed by atoms with E-state index in [9.17, 15) is 4.79 Å². The van der Waals surface area contributed by atoms with Crippen LogP contribution >= 0.6 is 11.6 Å². The molecule has 0 aromatic heterocycles. The molecule has 2 aliphatic carbocycles. The van der Waals surface area contributed by atoms with Gasteiger partial charge in [0, 0.05) is 0 Å². The number of halogens is 1. The van der Waals surface area contributed by atoms with Gasteiger partial charge in [-0.2, -0.15) is 0 Å². The van der Waals surface area contributed by atoms with Crippen LogP contribution in [0.2, 0.25) is 0 Å². The maximum atomic E-state index is 10.4. The van der Waals surface area contributed by atoms with Crippen molar-refractivity contribution in [1.82, 2.24) is 0 Å². The Morgan fingerprint density at radius 3 is 2.33 bits per heavy atom. The van der Waals surface area contributed by atoms with Crippen LogP contribution in [0.1, 0.15) is 19.3 Å². The van der Waals surface area contributed by atoms with Gasteiger partial charge in [0.15, 0.2) is 0 Å². The highest BCUT2D eigenvalue weighted by atomic mass is 35.5. The molecule has 0 bridgehead atoms. The molecule has 0 aromatic rings. The van der Waals surface area contributed by atoms with Gasteiger partial charge in [0.05, 0.1) is 0 Å². The number of aldehydes is 1. The van der Waals surface area contributed by atoms with Crippen LogP contribution in [0.15, 0.2) is 0 Å². The van der Waals surface area contributed by atoms with E-state index in [0.717, 1.165) is 6.29 Å². The number of alkyl halides is 1. The van der Waals surface area contributed by atoms with Crippen LogP contribution in [-0.4, -0.2) is 11.2 Å².